The molecule has 9 heteroatoms. The number of hydrogen-bond donors (Lipinski definition) is 0. The Hall–Kier alpha value is -3.43. The Kier molecular flexibility index (Phi) is 10.0. The summed E-state index contributed by atoms with van der Waals surface area (Å²) in [5.41, 5.74) is 2.88. The number of Topliss-reactive ketones (excluding diaryl/α,β-unsaturated/α-hetero) is 1. The molecule has 0 aliphatic carbocycles. The normalized spacial score (nSPS) is 15.9. The Bertz CT molecular complexity index is 1440. The average Bonchev–Trinajstić information content (AvgIpc) is 3.45. The van der Waals surface area contributed by atoms with Crippen molar-refractivity contribution >= 4 is 50.5 Å². The van der Waals surface area contributed by atoms with Gasteiger partial charge in [-0.15, -0.1) is 11.3 Å². The molecule has 3 aromatic rings. The van der Waals surface area contributed by atoms with Crippen LogP contribution < -0.4 is 14.5 Å². The quantitative estimate of drug-likeness (QED) is 0.141. The van der Waals surface area contributed by atoms with E-state index in [1.807, 2.05) is 39.0 Å². The molecule has 1 amide bonds. The van der Waals surface area contributed by atoms with Gasteiger partial charge in [-0.05, 0) is 66.4 Å². The maximum Gasteiger partial charge on any atom is 0.315 e. The highest BCUT2D eigenvalue weighted by atomic mass is 32.1. The number of rotatable bonds is 12. The molecule has 43 heavy (non-hydrogen) atoms. The van der Waals surface area contributed by atoms with E-state index in [9.17, 15) is 14.4 Å². The van der Waals surface area contributed by atoms with Crippen molar-refractivity contribution < 1.29 is 23.9 Å². The Balaban J connectivity index is 1.04. The van der Waals surface area contributed by atoms with Gasteiger partial charge in [-0.2, -0.15) is 0 Å². The van der Waals surface area contributed by atoms with Gasteiger partial charge in [0.1, 0.15) is 18.0 Å². The lowest BCUT2D eigenvalue weighted by Gasteiger charge is -2.36. The SMILES string of the molecule is CC(C)(C)CC(=O)CC(=O)OCN1C(=O)CCc2ccc(OCCCCN3CCN(c4cccc5sccc45)CC3)cc21. The summed E-state index contributed by atoms with van der Waals surface area (Å²) in [6.07, 6.45) is 3.01. The third-order valence-electron chi connectivity index (χ3n) is 8.00. The van der Waals surface area contributed by atoms with Crippen molar-refractivity contribution in [2.75, 3.05) is 55.9 Å². The molecular weight excluding hydrogens is 562 g/mol. The van der Waals surface area contributed by atoms with Gasteiger partial charge in [-0.3, -0.25) is 24.2 Å². The highest BCUT2D eigenvalue weighted by Gasteiger charge is 2.27. The molecule has 1 saturated heterocycles. The Morgan fingerprint density at radius 3 is 2.56 bits per heavy atom. The number of carbonyl (C=O) groups excluding carboxylic acids is 3. The minimum Gasteiger partial charge on any atom is -0.494 e. The van der Waals surface area contributed by atoms with Gasteiger partial charge in [0.15, 0.2) is 6.73 Å². The lowest BCUT2D eigenvalue weighted by atomic mass is 9.89. The largest absolute Gasteiger partial charge is 0.494 e. The summed E-state index contributed by atoms with van der Waals surface area (Å²) in [6, 6.07) is 14.6. The van der Waals surface area contributed by atoms with Crippen molar-refractivity contribution in [3.8, 4) is 5.75 Å². The number of amides is 1. The van der Waals surface area contributed by atoms with E-state index in [2.05, 4.69) is 39.4 Å². The average molecular weight is 606 g/mol. The van der Waals surface area contributed by atoms with E-state index in [1.165, 1.54) is 20.7 Å². The number of fused-ring (bicyclic) bond motifs is 2. The number of piperazine rings is 1. The minimum absolute atomic E-state index is 0.106. The van der Waals surface area contributed by atoms with E-state index >= 15 is 0 Å². The standard InChI is InChI=1S/C34H43N3O5S/c1-34(2,3)23-26(38)21-33(40)42-24-37-30-22-27(11-9-25(30)10-12-32(37)39)41-19-5-4-14-35-15-17-36(18-16-35)29-7-6-8-31-28(29)13-20-43-31/h6-9,11,13,20,22H,4-5,10,12,14-19,21,23-24H2,1-3H3. The molecule has 0 atom stereocenters. The van der Waals surface area contributed by atoms with Gasteiger partial charge in [-0.25, -0.2) is 0 Å². The first-order valence-corrected chi connectivity index (χ1v) is 16.2. The predicted molar refractivity (Wildman–Crippen MR) is 172 cm³/mol. The molecule has 1 fully saturated rings. The van der Waals surface area contributed by atoms with Gasteiger partial charge in [0.2, 0.25) is 5.91 Å². The zero-order chi connectivity index (χ0) is 30.4. The lowest BCUT2D eigenvalue weighted by Crippen LogP contribution is -2.46. The summed E-state index contributed by atoms with van der Waals surface area (Å²) in [5.74, 6) is -0.178. The van der Waals surface area contributed by atoms with Crippen molar-refractivity contribution in [2.24, 2.45) is 5.41 Å². The third kappa shape index (κ3) is 8.36. The highest BCUT2D eigenvalue weighted by molar-refractivity contribution is 7.17. The van der Waals surface area contributed by atoms with Gasteiger partial charge >= 0.3 is 5.97 Å². The number of ketones is 1. The predicted octanol–water partition coefficient (Wildman–Crippen LogP) is 6.06. The second-order valence-electron chi connectivity index (χ2n) is 12.7. The number of hydrogen-bond acceptors (Lipinski definition) is 8. The number of carbonyl (C=O) groups is 3. The molecule has 230 valence electrons. The number of aryl methyl sites for hydroxylation is 1. The fourth-order valence-electron chi connectivity index (χ4n) is 5.84. The fraction of sp³-hybridized carbons (Fsp3) is 0.500. The topological polar surface area (TPSA) is 79.4 Å². The molecule has 1 aromatic heterocycles. The van der Waals surface area contributed by atoms with Crippen LogP contribution in [0.2, 0.25) is 0 Å². The van der Waals surface area contributed by atoms with Crippen molar-refractivity contribution in [3.63, 3.8) is 0 Å². The van der Waals surface area contributed by atoms with E-state index in [0.717, 1.165) is 51.1 Å². The molecule has 0 spiro atoms. The zero-order valence-corrected chi connectivity index (χ0v) is 26.4. The Labute approximate surface area is 258 Å². The number of benzene rings is 2. The Morgan fingerprint density at radius 1 is 0.953 bits per heavy atom. The molecule has 0 N–H and O–H groups in total. The molecule has 8 nitrogen and oxygen atoms in total. The molecule has 0 radical (unpaired) electrons. The van der Waals surface area contributed by atoms with Crippen LogP contribution in [0.15, 0.2) is 47.8 Å². The third-order valence-corrected chi connectivity index (χ3v) is 8.89. The van der Waals surface area contributed by atoms with Crippen LogP contribution >= 0.6 is 11.3 Å². The summed E-state index contributed by atoms with van der Waals surface area (Å²) in [7, 11) is 0. The van der Waals surface area contributed by atoms with Crippen LogP contribution in [0.3, 0.4) is 0 Å². The second kappa shape index (κ2) is 13.9. The molecule has 3 heterocycles. The summed E-state index contributed by atoms with van der Waals surface area (Å²) in [6.45, 7) is 11.5. The molecule has 2 aromatic carbocycles. The number of anilines is 2. The number of thiophene rings is 1. The van der Waals surface area contributed by atoms with Crippen molar-refractivity contribution in [3.05, 3.63) is 53.4 Å². The van der Waals surface area contributed by atoms with Crippen LogP contribution in [0, 0.1) is 5.41 Å². The van der Waals surface area contributed by atoms with Gasteiger partial charge in [0.25, 0.3) is 0 Å². The van der Waals surface area contributed by atoms with E-state index in [4.69, 9.17) is 9.47 Å². The van der Waals surface area contributed by atoms with Crippen LogP contribution in [-0.4, -0.2) is 68.6 Å². The zero-order valence-electron chi connectivity index (χ0n) is 25.6. The smallest absolute Gasteiger partial charge is 0.315 e. The first-order valence-electron chi connectivity index (χ1n) is 15.3. The summed E-state index contributed by atoms with van der Waals surface area (Å²) in [5, 5.41) is 3.53. The minimum atomic E-state index is -0.609. The van der Waals surface area contributed by atoms with Crippen molar-refractivity contribution in [2.45, 2.75) is 59.3 Å². The lowest BCUT2D eigenvalue weighted by molar-refractivity contribution is -0.146. The molecule has 0 bridgehead atoms. The van der Waals surface area contributed by atoms with E-state index in [1.54, 1.807) is 11.3 Å². The van der Waals surface area contributed by atoms with E-state index in [-0.39, 0.29) is 30.3 Å². The molecule has 0 saturated carbocycles. The molecule has 0 unspecified atom stereocenters. The van der Waals surface area contributed by atoms with Crippen LogP contribution in [0.4, 0.5) is 11.4 Å². The molecular formula is C34H43N3O5S. The van der Waals surface area contributed by atoms with Crippen molar-refractivity contribution in [1.82, 2.24) is 4.90 Å². The van der Waals surface area contributed by atoms with Gasteiger partial charge in [0.05, 0.1) is 12.3 Å². The first kappa shape index (κ1) is 31.0. The second-order valence-corrected chi connectivity index (χ2v) is 13.7. The molecule has 2 aliphatic rings. The van der Waals surface area contributed by atoms with Crippen LogP contribution in [-0.2, 0) is 25.5 Å². The summed E-state index contributed by atoms with van der Waals surface area (Å²) < 4.78 is 12.8. The fourth-order valence-corrected chi connectivity index (χ4v) is 6.65. The summed E-state index contributed by atoms with van der Waals surface area (Å²) in [4.78, 5) is 43.7. The highest BCUT2D eigenvalue weighted by Crippen LogP contribution is 2.33. The van der Waals surface area contributed by atoms with E-state index in [0.29, 0.717) is 37.3 Å². The van der Waals surface area contributed by atoms with Gasteiger partial charge in [-0.1, -0.05) is 32.9 Å². The Morgan fingerprint density at radius 2 is 1.77 bits per heavy atom. The molecule has 2 aliphatic heterocycles. The maximum atomic E-state index is 12.7. The van der Waals surface area contributed by atoms with Crippen LogP contribution in [0.1, 0.15) is 58.4 Å². The molecule has 5 rings (SSSR count). The number of esters is 1. The number of ether oxygens (including phenoxy) is 2. The summed E-state index contributed by atoms with van der Waals surface area (Å²) >= 11 is 1.80. The van der Waals surface area contributed by atoms with Gasteiger partial charge < -0.3 is 14.4 Å². The van der Waals surface area contributed by atoms with Gasteiger partial charge in [0, 0.05) is 60.9 Å². The number of nitrogens with zero attached hydrogens (tertiary/aromatic N) is 3. The first-order chi connectivity index (χ1) is 20.7. The monoisotopic (exact) mass is 605 g/mol. The van der Waals surface area contributed by atoms with Crippen molar-refractivity contribution in [1.29, 1.82) is 0 Å². The van der Waals surface area contributed by atoms with Crippen LogP contribution in [0.25, 0.3) is 10.1 Å². The number of unbranched alkanes of at least 4 members (excludes halogenated alkanes) is 1. The van der Waals surface area contributed by atoms with E-state index < -0.39 is 5.97 Å². The maximum absolute atomic E-state index is 12.7. The van der Waals surface area contributed by atoms with Crippen LogP contribution in [0.5, 0.6) is 5.75 Å².